The van der Waals surface area contributed by atoms with Crippen LogP contribution in [-0.4, -0.2) is 37.2 Å². The van der Waals surface area contributed by atoms with Crippen molar-refractivity contribution in [3.63, 3.8) is 0 Å². The molecule has 0 amide bonds. The Morgan fingerprint density at radius 3 is 2.28 bits per heavy atom. The van der Waals surface area contributed by atoms with Crippen LogP contribution in [0.2, 0.25) is 10.0 Å². The zero-order valence-electron chi connectivity index (χ0n) is 8.80. The first-order valence-electron chi connectivity index (χ1n) is 4.60. The maximum Gasteiger partial charge on any atom is 0.333 e. The first-order chi connectivity index (χ1) is 8.25. The minimum absolute atomic E-state index is 0.0974. The Labute approximate surface area is 113 Å². The molecular weight excluding hydrogens is 305 g/mol. The van der Waals surface area contributed by atoms with E-state index < -0.39 is 28.6 Å². The van der Waals surface area contributed by atoms with Crippen molar-refractivity contribution in [2.45, 2.75) is 11.0 Å². The first-order valence-corrected chi connectivity index (χ1v) is 6.84. The molecule has 1 unspecified atom stereocenters. The fourth-order valence-corrected chi connectivity index (χ4v) is 3.27. The number of sulfonamides is 1. The summed E-state index contributed by atoms with van der Waals surface area (Å²) in [7, 11) is -4.09. The third-order valence-electron chi connectivity index (χ3n) is 1.94. The van der Waals surface area contributed by atoms with Crippen molar-refractivity contribution in [3.8, 4) is 0 Å². The number of rotatable bonds is 5. The molecule has 0 bridgehead atoms. The fraction of sp³-hybridized carbons (Fsp3) is 0.222. The van der Waals surface area contributed by atoms with Crippen molar-refractivity contribution in [2.24, 2.45) is 0 Å². The second kappa shape index (κ2) is 5.85. The van der Waals surface area contributed by atoms with Crippen LogP contribution in [-0.2, 0) is 14.8 Å². The minimum atomic E-state index is -4.09. The number of hydrogen-bond acceptors (Lipinski definition) is 4. The van der Waals surface area contributed by atoms with Crippen molar-refractivity contribution in [3.05, 3.63) is 28.2 Å². The number of carbonyl (C=O) groups is 1. The standard InChI is InChI=1S/C9H9Cl2NO5S/c10-5-2-1-3-6(11)8(5)18(16,17)12-4-7(13)9(14)15/h1-3,7,12-13H,4H2,(H,14,15). The normalized spacial score (nSPS) is 13.3. The highest BCUT2D eigenvalue weighted by molar-refractivity contribution is 7.89. The first kappa shape index (κ1) is 15.2. The lowest BCUT2D eigenvalue weighted by molar-refractivity contribution is -0.146. The lowest BCUT2D eigenvalue weighted by Gasteiger charge is -2.11. The molecule has 0 aliphatic rings. The van der Waals surface area contributed by atoms with E-state index in [0.29, 0.717) is 0 Å². The van der Waals surface area contributed by atoms with E-state index in [4.69, 9.17) is 33.4 Å². The van der Waals surface area contributed by atoms with Gasteiger partial charge in [0.2, 0.25) is 10.0 Å². The zero-order valence-corrected chi connectivity index (χ0v) is 11.1. The van der Waals surface area contributed by atoms with E-state index in [9.17, 15) is 13.2 Å². The summed E-state index contributed by atoms with van der Waals surface area (Å²) >= 11 is 11.4. The molecule has 1 atom stereocenters. The smallest absolute Gasteiger partial charge is 0.333 e. The molecule has 0 heterocycles. The molecule has 0 radical (unpaired) electrons. The molecule has 0 saturated carbocycles. The highest BCUT2D eigenvalue weighted by Crippen LogP contribution is 2.28. The van der Waals surface area contributed by atoms with Gasteiger partial charge in [-0.1, -0.05) is 29.3 Å². The fourth-order valence-electron chi connectivity index (χ4n) is 1.09. The monoisotopic (exact) mass is 313 g/mol. The lowest BCUT2D eigenvalue weighted by Crippen LogP contribution is -2.36. The van der Waals surface area contributed by atoms with Gasteiger partial charge in [-0.3, -0.25) is 0 Å². The number of carboxylic acids is 1. The SMILES string of the molecule is O=C(O)C(O)CNS(=O)(=O)c1c(Cl)cccc1Cl. The van der Waals surface area contributed by atoms with Crippen LogP contribution in [0.15, 0.2) is 23.1 Å². The van der Waals surface area contributed by atoms with Gasteiger partial charge in [-0.15, -0.1) is 0 Å². The summed E-state index contributed by atoms with van der Waals surface area (Å²) < 4.78 is 25.5. The van der Waals surface area contributed by atoms with Gasteiger partial charge in [0.15, 0.2) is 6.10 Å². The van der Waals surface area contributed by atoms with E-state index in [1.807, 2.05) is 4.72 Å². The van der Waals surface area contributed by atoms with Crippen LogP contribution < -0.4 is 4.72 Å². The van der Waals surface area contributed by atoms with Crippen LogP contribution in [0, 0.1) is 0 Å². The Kier molecular flexibility index (Phi) is 4.94. The molecule has 0 fully saturated rings. The summed E-state index contributed by atoms with van der Waals surface area (Å²) in [6.45, 7) is -0.681. The number of aliphatic hydroxyl groups excluding tert-OH is 1. The van der Waals surface area contributed by atoms with Crippen LogP contribution in [0.3, 0.4) is 0 Å². The Morgan fingerprint density at radius 2 is 1.83 bits per heavy atom. The third kappa shape index (κ3) is 3.56. The number of carboxylic acid groups (broad SMARTS) is 1. The molecule has 100 valence electrons. The van der Waals surface area contributed by atoms with Gasteiger partial charge in [-0.25, -0.2) is 17.9 Å². The molecule has 1 aromatic carbocycles. The van der Waals surface area contributed by atoms with E-state index in [0.717, 1.165) is 0 Å². The summed E-state index contributed by atoms with van der Waals surface area (Å²) in [6.07, 6.45) is -1.85. The average molecular weight is 314 g/mol. The van der Waals surface area contributed by atoms with E-state index >= 15 is 0 Å². The number of nitrogens with one attached hydrogen (secondary N) is 1. The molecular formula is C9H9Cl2NO5S. The zero-order chi connectivity index (χ0) is 13.9. The molecule has 0 aliphatic heterocycles. The van der Waals surface area contributed by atoms with Gasteiger partial charge in [0.25, 0.3) is 0 Å². The number of hydrogen-bond donors (Lipinski definition) is 3. The summed E-state index contributed by atoms with van der Waals surface area (Å²) in [4.78, 5) is 9.99. The maximum atomic E-state index is 11.8. The molecule has 18 heavy (non-hydrogen) atoms. The molecule has 1 aromatic rings. The predicted octanol–water partition coefficient (Wildman–Crippen LogP) is 0.717. The van der Waals surface area contributed by atoms with Gasteiger partial charge in [0.1, 0.15) is 4.90 Å². The van der Waals surface area contributed by atoms with Gasteiger partial charge in [0.05, 0.1) is 10.0 Å². The lowest BCUT2D eigenvalue weighted by atomic mass is 10.4. The van der Waals surface area contributed by atoms with E-state index in [1.165, 1.54) is 18.2 Å². The van der Waals surface area contributed by atoms with Gasteiger partial charge in [-0.05, 0) is 12.1 Å². The van der Waals surface area contributed by atoms with Gasteiger partial charge >= 0.3 is 5.97 Å². The van der Waals surface area contributed by atoms with E-state index in [2.05, 4.69) is 0 Å². The summed E-state index contributed by atoms with van der Waals surface area (Å²) in [5.41, 5.74) is 0. The number of aliphatic carboxylic acids is 1. The molecule has 3 N–H and O–H groups in total. The Morgan fingerprint density at radius 1 is 1.33 bits per heavy atom. The van der Waals surface area contributed by atoms with Crippen LogP contribution in [0.1, 0.15) is 0 Å². The Balaban J connectivity index is 2.98. The predicted molar refractivity (Wildman–Crippen MR) is 65.3 cm³/mol. The van der Waals surface area contributed by atoms with E-state index in [-0.39, 0.29) is 14.9 Å². The Hall–Kier alpha value is -0.860. The summed E-state index contributed by atoms with van der Waals surface area (Å²) in [6, 6.07) is 4.13. The van der Waals surface area contributed by atoms with Crippen LogP contribution >= 0.6 is 23.2 Å². The molecule has 1 rings (SSSR count). The molecule has 6 nitrogen and oxygen atoms in total. The topological polar surface area (TPSA) is 104 Å². The third-order valence-corrected chi connectivity index (χ3v) is 4.32. The minimum Gasteiger partial charge on any atom is -0.479 e. The van der Waals surface area contributed by atoms with Crippen LogP contribution in [0.25, 0.3) is 0 Å². The van der Waals surface area contributed by atoms with Crippen LogP contribution in [0.5, 0.6) is 0 Å². The van der Waals surface area contributed by atoms with Crippen molar-refractivity contribution >= 4 is 39.2 Å². The summed E-state index contributed by atoms with van der Waals surface area (Å²) in [5, 5.41) is 17.2. The van der Waals surface area contributed by atoms with Crippen molar-refractivity contribution in [1.82, 2.24) is 4.72 Å². The number of benzene rings is 1. The molecule has 0 aromatic heterocycles. The largest absolute Gasteiger partial charge is 0.479 e. The molecule has 9 heteroatoms. The number of halogens is 2. The molecule has 0 saturated heterocycles. The van der Waals surface area contributed by atoms with Gasteiger partial charge < -0.3 is 10.2 Å². The quantitative estimate of drug-likeness (QED) is 0.743. The maximum absolute atomic E-state index is 11.8. The van der Waals surface area contributed by atoms with Crippen molar-refractivity contribution in [1.29, 1.82) is 0 Å². The van der Waals surface area contributed by atoms with Crippen molar-refractivity contribution < 1.29 is 23.4 Å². The van der Waals surface area contributed by atoms with Gasteiger partial charge in [-0.2, -0.15) is 0 Å². The summed E-state index contributed by atoms with van der Waals surface area (Å²) in [5.74, 6) is -1.54. The van der Waals surface area contributed by atoms with Crippen molar-refractivity contribution in [2.75, 3.05) is 6.54 Å². The van der Waals surface area contributed by atoms with Crippen LogP contribution in [0.4, 0.5) is 0 Å². The van der Waals surface area contributed by atoms with Gasteiger partial charge in [0, 0.05) is 6.54 Å². The number of aliphatic hydroxyl groups is 1. The average Bonchev–Trinajstić information content (AvgIpc) is 2.25. The second-order valence-electron chi connectivity index (χ2n) is 3.26. The highest BCUT2D eigenvalue weighted by Gasteiger charge is 2.23. The highest BCUT2D eigenvalue weighted by atomic mass is 35.5. The van der Waals surface area contributed by atoms with E-state index in [1.54, 1.807) is 0 Å². The Bertz CT molecular complexity index is 540. The second-order valence-corrected chi connectivity index (χ2v) is 5.77. The molecule has 0 aliphatic carbocycles. The molecule has 0 spiro atoms.